The van der Waals surface area contributed by atoms with Crippen LogP contribution < -0.4 is 5.90 Å². The van der Waals surface area contributed by atoms with Gasteiger partial charge in [-0.15, -0.1) is 0 Å². The first-order valence-electron chi connectivity index (χ1n) is 4.12. The maximum atomic E-state index is 4.99. The molecule has 0 amide bonds. The molecular formula is C8H15N3O. The number of aromatic nitrogens is 2. The van der Waals surface area contributed by atoms with Gasteiger partial charge in [-0.1, -0.05) is 6.92 Å². The standard InChI is InChI=1S/C8H15N3O/c1-3-11-5-4-10-8(11)7(2)6-12-9/h4-5,7H,3,6,9H2,1-2H3. The van der Waals surface area contributed by atoms with E-state index >= 15 is 0 Å². The highest BCUT2D eigenvalue weighted by molar-refractivity contribution is 4.98. The van der Waals surface area contributed by atoms with Crippen molar-refractivity contribution in [3.63, 3.8) is 0 Å². The summed E-state index contributed by atoms with van der Waals surface area (Å²) >= 11 is 0. The van der Waals surface area contributed by atoms with Gasteiger partial charge in [0, 0.05) is 24.9 Å². The molecule has 0 spiro atoms. The van der Waals surface area contributed by atoms with E-state index in [-0.39, 0.29) is 5.92 Å². The fourth-order valence-corrected chi connectivity index (χ4v) is 1.24. The Morgan fingerprint density at radius 1 is 1.75 bits per heavy atom. The zero-order valence-corrected chi connectivity index (χ0v) is 7.53. The first-order valence-corrected chi connectivity index (χ1v) is 4.12. The third-order valence-corrected chi connectivity index (χ3v) is 1.88. The average Bonchev–Trinajstić information content (AvgIpc) is 2.51. The largest absolute Gasteiger partial charge is 0.335 e. The normalized spacial score (nSPS) is 13.2. The monoisotopic (exact) mass is 169 g/mol. The molecular weight excluding hydrogens is 154 g/mol. The molecule has 0 radical (unpaired) electrons. The lowest BCUT2D eigenvalue weighted by Gasteiger charge is -2.10. The zero-order valence-electron chi connectivity index (χ0n) is 7.53. The van der Waals surface area contributed by atoms with Crippen molar-refractivity contribution in [2.24, 2.45) is 5.90 Å². The van der Waals surface area contributed by atoms with Gasteiger partial charge in [0.15, 0.2) is 0 Å². The van der Waals surface area contributed by atoms with Crippen molar-refractivity contribution in [1.29, 1.82) is 0 Å². The van der Waals surface area contributed by atoms with Crippen LogP contribution in [0.15, 0.2) is 12.4 Å². The van der Waals surface area contributed by atoms with Crippen molar-refractivity contribution in [2.75, 3.05) is 6.61 Å². The number of nitrogens with zero attached hydrogens (tertiary/aromatic N) is 2. The summed E-state index contributed by atoms with van der Waals surface area (Å²) in [6, 6.07) is 0. The molecule has 0 aromatic carbocycles. The summed E-state index contributed by atoms with van der Waals surface area (Å²) in [7, 11) is 0. The van der Waals surface area contributed by atoms with Gasteiger partial charge in [-0.25, -0.2) is 10.9 Å². The van der Waals surface area contributed by atoms with E-state index in [1.807, 2.05) is 13.1 Å². The van der Waals surface area contributed by atoms with Gasteiger partial charge in [-0.2, -0.15) is 0 Å². The fraction of sp³-hybridized carbons (Fsp3) is 0.625. The number of aryl methyl sites for hydroxylation is 1. The summed E-state index contributed by atoms with van der Waals surface area (Å²) in [4.78, 5) is 8.81. The third-order valence-electron chi connectivity index (χ3n) is 1.88. The lowest BCUT2D eigenvalue weighted by atomic mass is 10.2. The topological polar surface area (TPSA) is 53.1 Å². The van der Waals surface area contributed by atoms with Crippen LogP contribution in [0.25, 0.3) is 0 Å². The molecule has 0 fully saturated rings. The molecule has 0 aliphatic heterocycles. The molecule has 0 aliphatic rings. The Labute approximate surface area is 72.3 Å². The first kappa shape index (κ1) is 9.22. The van der Waals surface area contributed by atoms with Crippen LogP contribution in [0.4, 0.5) is 0 Å². The number of nitrogens with two attached hydrogens (primary N) is 1. The average molecular weight is 169 g/mol. The number of hydrogen-bond acceptors (Lipinski definition) is 3. The maximum Gasteiger partial charge on any atom is 0.113 e. The molecule has 1 heterocycles. The molecule has 1 aromatic rings. The predicted octanol–water partition coefficient (Wildman–Crippen LogP) is 0.897. The SMILES string of the molecule is CCn1ccnc1C(C)CON. The van der Waals surface area contributed by atoms with Crippen molar-refractivity contribution in [3.05, 3.63) is 18.2 Å². The quantitative estimate of drug-likeness (QED) is 0.681. The lowest BCUT2D eigenvalue weighted by molar-refractivity contribution is 0.124. The second kappa shape index (κ2) is 4.23. The fourth-order valence-electron chi connectivity index (χ4n) is 1.24. The van der Waals surface area contributed by atoms with Gasteiger partial charge in [0.2, 0.25) is 0 Å². The second-order valence-electron chi connectivity index (χ2n) is 2.81. The highest BCUT2D eigenvalue weighted by Crippen LogP contribution is 2.12. The maximum absolute atomic E-state index is 4.99. The number of hydrogen-bond donors (Lipinski definition) is 1. The second-order valence-corrected chi connectivity index (χ2v) is 2.81. The molecule has 1 atom stereocenters. The van der Waals surface area contributed by atoms with Crippen LogP contribution in [0, 0.1) is 0 Å². The molecule has 0 saturated carbocycles. The minimum Gasteiger partial charge on any atom is -0.335 e. The molecule has 1 aromatic heterocycles. The van der Waals surface area contributed by atoms with E-state index < -0.39 is 0 Å². The number of rotatable bonds is 4. The summed E-state index contributed by atoms with van der Waals surface area (Å²) < 4.78 is 2.09. The molecule has 68 valence electrons. The Balaban J connectivity index is 2.71. The van der Waals surface area contributed by atoms with Crippen LogP contribution in [0.3, 0.4) is 0 Å². The predicted molar refractivity (Wildman–Crippen MR) is 46.5 cm³/mol. The van der Waals surface area contributed by atoms with E-state index in [1.165, 1.54) is 0 Å². The van der Waals surface area contributed by atoms with Gasteiger partial charge in [-0.05, 0) is 6.92 Å². The Hall–Kier alpha value is -0.870. The van der Waals surface area contributed by atoms with Crippen molar-refractivity contribution in [2.45, 2.75) is 26.3 Å². The highest BCUT2D eigenvalue weighted by atomic mass is 16.6. The first-order chi connectivity index (χ1) is 5.79. The van der Waals surface area contributed by atoms with Crippen LogP contribution in [0.2, 0.25) is 0 Å². The van der Waals surface area contributed by atoms with Gasteiger partial charge in [0.25, 0.3) is 0 Å². The van der Waals surface area contributed by atoms with Crippen LogP contribution >= 0.6 is 0 Å². The van der Waals surface area contributed by atoms with Gasteiger partial charge in [0.1, 0.15) is 5.82 Å². The van der Waals surface area contributed by atoms with Gasteiger partial charge >= 0.3 is 0 Å². The molecule has 4 heteroatoms. The Bertz CT molecular complexity index is 234. The van der Waals surface area contributed by atoms with Gasteiger partial charge < -0.3 is 9.40 Å². The highest BCUT2D eigenvalue weighted by Gasteiger charge is 2.10. The van der Waals surface area contributed by atoms with Gasteiger partial charge in [-0.3, -0.25) is 0 Å². The molecule has 4 nitrogen and oxygen atoms in total. The summed E-state index contributed by atoms with van der Waals surface area (Å²) in [5.74, 6) is 6.28. The van der Waals surface area contributed by atoms with Crippen LogP contribution in [-0.4, -0.2) is 16.2 Å². The Morgan fingerprint density at radius 2 is 2.50 bits per heavy atom. The Morgan fingerprint density at radius 3 is 3.08 bits per heavy atom. The van der Waals surface area contributed by atoms with E-state index in [4.69, 9.17) is 5.90 Å². The molecule has 0 aliphatic carbocycles. The van der Waals surface area contributed by atoms with Gasteiger partial charge in [0.05, 0.1) is 6.61 Å². The van der Waals surface area contributed by atoms with Crippen LogP contribution in [-0.2, 0) is 11.4 Å². The van der Waals surface area contributed by atoms with Crippen molar-refractivity contribution < 1.29 is 4.84 Å². The van der Waals surface area contributed by atoms with Crippen molar-refractivity contribution in [3.8, 4) is 0 Å². The number of imidazole rings is 1. The third kappa shape index (κ3) is 1.84. The molecule has 2 N–H and O–H groups in total. The summed E-state index contributed by atoms with van der Waals surface area (Å²) in [6.07, 6.45) is 3.76. The summed E-state index contributed by atoms with van der Waals surface area (Å²) in [6.45, 7) is 5.57. The molecule has 0 saturated heterocycles. The van der Waals surface area contributed by atoms with E-state index in [0.29, 0.717) is 6.61 Å². The van der Waals surface area contributed by atoms with E-state index in [9.17, 15) is 0 Å². The minimum absolute atomic E-state index is 0.255. The Kier molecular flexibility index (Phi) is 3.25. The van der Waals surface area contributed by atoms with E-state index in [1.54, 1.807) is 6.20 Å². The summed E-state index contributed by atoms with van der Waals surface area (Å²) in [5.41, 5.74) is 0. The minimum atomic E-state index is 0.255. The lowest BCUT2D eigenvalue weighted by Crippen LogP contribution is -2.13. The van der Waals surface area contributed by atoms with Crippen LogP contribution in [0.5, 0.6) is 0 Å². The zero-order chi connectivity index (χ0) is 8.97. The van der Waals surface area contributed by atoms with Crippen LogP contribution in [0.1, 0.15) is 25.6 Å². The smallest absolute Gasteiger partial charge is 0.113 e. The molecule has 1 rings (SSSR count). The molecule has 1 unspecified atom stereocenters. The molecule has 12 heavy (non-hydrogen) atoms. The van der Waals surface area contributed by atoms with E-state index in [0.717, 1.165) is 12.4 Å². The van der Waals surface area contributed by atoms with Crippen molar-refractivity contribution in [1.82, 2.24) is 9.55 Å². The summed E-state index contributed by atoms with van der Waals surface area (Å²) in [5, 5.41) is 0. The van der Waals surface area contributed by atoms with E-state index in [2.05, 4.69) is 21.3 Å². The van der Waals surface area contributed by atoms with Crippen molar-refractivity contribution >= 4 is 0 Å². The molecule has 0 bridgehead atoms.